The van der Waals surface area contributed by atoms with E-state index in [0.29, 0.717) is 5.56 Å². The van der Waals surface area contributed by atoms with Crippen molar-refractivity contribution in [1.82, 2.24) is 9.88 Å². The zero-order chi connectivity index (χ0) is 19.3. The molecule has 0 unspecified atom stereocenters. The first-order valence-corrected chi connectivity index (χ1v) is 7.53. The van der Waals surface area contributed by atoms with Crippen molar-refractivity contribution in [2.75, 3.05) is 7.05 Å². The number of halogens is 5. The van der Waals surface area contributed by atoms with Crippen molar-refractivity contribution in [1.29, 1.82) is 0 Å². The molecule has 0 aliphatic heterocycles. The summed E-state index contributed by atoms with van der Waals surface area (Å²) in [7, 11) is 1.40. The van der Waals surface area contributed by atoms with Gasteiger partial charge in [-0.15, -0.1) is 0 Å². The summed E-state index contributed by atoms with van der Waals surface area (Å²) in [5, 5.41) is 0.0655. The number of carbonyl (C=O) groups is 1. The molecule has 5 nitrogen and oxygen atoms in total. The molecular weight excluding hydrogens is 380 g/mol. The predicted molar refractivity (Wildman–Crippen MR) is 84.8 cm³/mol. The Morgan fingerprint density at radius 1 is 1.19 bits per heavy atom. The Labute approximate surface area is 151 Å². The number of rotatable bonds is 7. The van der Waals surface area contributed by atoms with E-state index in [1.54, 1.807) is 6.07 Å². The molecule has 0 spiro atoms. The Kier molecular flexibility index (Phi) is 6.62. The molecule has 1 aromatic carbocycles. The maximum atomic E-state index is 12.5. The van der Waals surface area contributed by atoms with Crippen LogP contribution in [0, 0.1) is 0 Å². The van der Waals surface area contributed by atoms with Crippen molar-refractivity contribution in [3.05, 3.63) is 52.7 Å². The molecule has 26 heavy (non-hydrogen) atoms. The zero-order valence-electron chi connectivity index (χ0n) is 13.3. The summed E-state index contributed by atoms with van der Waals surface area (Å²) < 4.78 is 58.0. The van der Waals surface area contributed by atoms with Crippen molar-refractivity contribution >= 4 is 17.5 Å². The molecule has 0 atom stereocenters. The second-order valence-electron chi connectivity index (χ2n) is 5.07. The first-order chi connectivity index (χ1) is 12.3. The van der Waals surface area contributed by atoms with Crippen LogP contribution in [-0.2, 0) is 6.54 Å². The van der Waals surface area contributed by atoms with Crippen LogP contribution in [0.1, 0.15) is 15.9 Å². The van der Waals surface area contributed by atoms with Gasteiger partial charge in [0.15, 0.2) is 0 Å². The smallest absolute Gasteiger partial charge is 0.388 e. The highest BCUT2D eigenvalue weighted by Gasteiger charge is 2.21. The van der Waals surface area contributed by atoms with Crippen molar-refractivity contribution in [2.24, 2.45) is 0 Å². The molecule has 0 radical (unpaired) electrons. The van der Waals surface area contributed by atoms with Crippen LogP contribution in [0.4, 0.5) is 17.6 Å². The fourth-order valence-corrected chi connectivity index (χ4v) is 2.29. The van der Waals surface area contributed by atoms with Gasteiger partial charge in [0.2, 0.25) is 5.88 Å². The third-order valence-corrected chi connectivity index (χ3v) is 3.35. The van der Waals surface area contributed by atoms with Gasteiger partial charge in [0.1, 0.15) is 11.3 Å². The maximum absolute atomic E-state index is 12.5. The van der Waals surface area contributed by atoms with Gasteiger partial charge in [-0.2, -0.15) is 17.6 Å². The topological polar surface area (TPSA) is 51.7 Å². The van der Waals surface area contributed by atoms with Crippen LogP contribution in [-0.4, -0.2) is 36.1 Å². The molecule has 0 fully saturated rings. The minimum Gasteiger partial charge on any atom is -0.435 e. The van der Waals surface area contributed by atoms with Crippen LogP contribution in [0.15, 0.2) is 36.5 Å². The summed E-state index contributed by atoms with van der Waals surface area (Å²) in [5.74, 6) is -1.31. The van der Waals surface area contributed by atoms with Gasteiger partial charge >= 0.3 is 13.2 Å². The third kappa shape index (κ3) is 5.48. The molecule has 2 rings (SSSR count). The number of nitrogens with zero attached hydrogens (tertiary/aromatic N) is 2. The molecule has 0 saturated heterocycles. The summed E-state index contributed by atoms with van der Waals surface area (Å²) in [6.07, 6.45) is 1.07. The molecule has 1 aromatic heterocycles. The highest BCUT2D eigenvalue weighted by atomic mass is 35.5. The predicted octanol–water partition coefficient (Wildman–Crippen LogP) is 4.21. The molecule has 0 N–H and O–H groups in total. The minimum atomic E-state index is -3.16. The number of amides is 1. The van der Waals surface area contributed by atoms with Crippen molar-refractivity contribution < 1.29 is 31.8 Å². The van der Waals surface area contributed by atoms with Gasteiger partial charge in [0, 0.05) is 19.8 Å². The van der Waals surface area contributed by atoms with E-state index in [1.165, 1.54) is 30.1 Å². The first kappa shape index (κ1) is 19.8. The van der Waals surface area contributed by atoms with Gasteiger partial charge in [-0.1, -0.05) is 23.7 Å². The van der Waals surface area contributed by atoms with E-state index in [9.17, 15) is 22.4 Å². The lowest BCUT2D eigenvalue weighted by Crippen LogP contribution is -2.27. The molecule has 2 aromatic rings. The summed E-state index contributed by atoms with van der Waals surface area (Å²) in [6.45, 7) is -6.14. The molecule has 10 heteroatoms. The average molecular weight is 393 g/mol. The van der Waals surface area contributed by atoms with E-state index >= 15 is 0 Å². The Morgan fingerprint density at radius 3 is 2.54 bits per heavy atom. The van der Waals surface area contributed by atoms with Crippen molar-refractivity contribution in [3.63, 3.8) is 0 Å². The fourth-order valence-electron chi connectivity index (χ4n) is 2.13. The lowest BCUT2D eigenvalue weighted by molar-refractivity contribution is -0.0534. The van der Waals surface area contributed by atoms with Crippen molar-refractivity contribution in [3.8, 4) is 11.6 Å². The summed E-state index contributed by atoms with van der Waals surface area (Å²) in [6, 6.07) is 6.91. The quantitative estimate of drug-likeness (QED) is 0.662. The van der Waals surface area contributed by atoms with E-state index in [0.717, 1.165) is 12.3 Å². The number of hydrogen-bond acceptors (Lipinski definition) is 4. The van der Waals surface area contributed by atoms with Gasteiger partial charge in [-0.05, 0) is 23.8 Å². The van der Waals surface area contributed by atoms with Crippen LogP contribution < -0.4 is 9.47 Å². The molecule has 0 bridgehead atoms. The van der Waals surface area contributed by atoms with Gasteiger partial charge in [-0.3, -0.25) is 4.79 Å². The van der Waals surface area contributed by atoms with Gasteiger partial charge in [-0.25, -0.2) is 4.98 Å². The Balaban J connectivity index is 2.18. The fraction of sp³-hybridized carbons (Fsp3) is 0.250. The highest BCUT2D eigenvalue weighted by molar-refractivity contribution is 6.30. The number of aromatic nitrogens is 1. The second kappa shape index (κ2) is 8.70. The Morgan fingerprint density at radius 2 is 1.88 bits per heavy atom. The lowest BCUT2D eigenvalue weighted by atomic mass is 10.2. The molecule has 0 aliphatic carbocycles. The molecule has 140 valence electrons. The molecular formula is C16H13ClF4N2O3. The van der Waals surface area contributed by atoms with Crippen LogP contribution in [0.5, 0.6) is 11.6 Å². The summed E-state index contributed by atoms with van der Waals surface area (Å²) in [4.78, 5) is 17.3. The number of benzene rings is 1. The van der Waals surface area contributed by atoms with E-state index in [1.807, 2.05) is 0 Å². The molecule has 1 amide bonds. The summed E-state index contributed by atoms with van der Waals surface area (Å²) in [5.41, 5.74) is 0.241. The number of carbonyl (C=O) groups excluding carboxylic acids is 1. The number of pyridine rings is 1. The van der Waals surface area contributed by atoms with E-state index in [2.05, 4.69) is 14.5 Å². The van der Waals surface area contributed by atoms with Gasteiger partial charge in [0.05, 0.1) is 5.02 Å². The Hall–Kier alpha value is -2.55. The van der Waals surface area contributed by atoms with Crippen LogP contribution in [0.25, 0.3) is 0 Å². The molecule has 0 saturated carbocycles. The third-order valence-electron chi connectivity index (χ3n) is 3.14. The van der Waals surface area contributed by atoms with E-state index in [4.69, 9.17) is 11.6 Å². The molecule has 1 heterocycles. The monoisotopic (exact) mass is 392 g/mol. The van der Waals surface area contributed by atoms with Crippen LogP contribution in [0.2, 0.25) is 5.02 Å². The summed E-state index contributed by atoms with van der Waals surface area (Å²) >= 11 is 5.77. The minimum absolute atomic E-state index is 0.0000959. The number of ether oxygens (including phenoxy) is 2. The van der Waals surface area contributed by atoms with Crippen LogP contribution >= 0.6 is 11.6 Å². The Bertz CT molecular complexity index is 777. The average Bonchev–Trinajstić information content (AvgIpc) is 2.55. The highest BCUT2D eigenvalue weighted by Crippen LogP contribution is 2.24. The largest absolute Gasteiger partial charge is 0.435 e. The second-order valence-corrected chi connectivity index (χ2v) is 5.51. The SMILES string of the molecule is CN(Cc1cccc(OC(F)F)c1)C(=O)c1cc(Cl)cnc1OC(F)F. The zero-order valence-corrected chi connectivity index (χ0v) is 14.1. The number of hydrogen-bond donors (Lipinski definition) is 0. The van der Waals surface area contributed by atoms with E-state index in [-0.39, 0.29) is 22.9 Å². The van der Waals surface area contributed by atoms with Gasteiger partial charge < -0.3 is 14.4 Å². The number of alkyl halides is 4. The maximum Gasteiger partial charge on any atom is 0.388 e. The normalized spacial score (nSPS) is 10.9. The first-order valence-electron chi connectivity index (χ1n) is 7.16. The molecule has 0 aliphatic rings. The van der Waals surface area contributed by atoms with Gasteiger partial charge in [0.25, 0.3) is 5.91 Å². The lowest BCUT2D eigenvalue weighted by Gasteiger charge is -2.19. The van der Waals surface area contributed by atoms with Crippen molar-refractivity contribution in [2.45, 2.75) is 19.8 Å². The van der Waals surface area contributed by atoms with E-state index < -0.39 is 25.0 Å². The standard InChI is InChI=1S/C16H13ClF4N2O3/c1-23(8-9-3-2-4-11(5-9)25-15(18)19)14(24)12-6-10(17)7-22-13(12)26-16(20)21/h2-7,15-16H,8H2,1H3. The van der Waals surface area contributed by atoms with Crippen LogP contribution in [0.3, 0.4) is 0 Å².